The van der Waals surface area contributed by atoms with Crippen LogP contribution >= 0.6 is 0 Å². The lowest BCUT2D eigenvalue weighted by molar-refractivity contribution is -0.0207. The fourth-order valence-corrected chi connectivity index (χ4v) is 7.23. The lowest BCUT2D eigenvalue weighted by Gasteiger charge is -2.46. The minimum Gasteiger partial charge on any atom is -0.396 e. The van der Waals surface area contributed by atoms with Gasteiger partial charge in [0, 0.05) is 21.3 Å². The molecular formula is C11H22O4Si. The van der Waals surface area contributed by atoms with E-state index in [0.717, 1.165) is 25.3 Å². The first-order valence-corrected chi connectivity index (χ1v) is 8.03. The summed E-state index contributed by atoms with van der Waals surface area (Å²) >= 11 is 0. The van der Waals surface area contributed by atoms with Crippen molar-refractivity contribution in [3.05, 3.63) is 0 Å². The van der Waals surface area contributed by atoms with Crippen LogP contribution in [0.25, 0.3) is 0 Å². The summed E-state index contributed by atoms with van der Waals surface area (Å²) in [5.74, 6) is 0. The molecule has 2 aliphatic rings. The van der Waals surface area contributed by atoms with E-state index < -0.39 is 8.56 Å². The van der Waals surface area contributed by atoms with E-state index in [1.165, 1.54) is 0 Å². The first kappa shape index (κ1) is 12.5. The Hall–Kier alpha value is 0.0569. The smallest absolute Gasteiger partial charge is 0.373 e. The van der Waals surface area contributed by atoms with E-state index in [1.54, 1.807) is 21.3 Å². The van der Waals surface area contributed by atoms with E-state index in [2.05, 4.69) is 6.92 Å². The van der Waals surface area contributed by atoms with Crippen molar-refractivity contribution in [2.24, 2.45) is 0 Å². The van der Waals surface area contributed by atoms with Crippen LogP contribution in [0.2, 0.25) is 6.04 Å². The van der Waals surface area contributed by atoms with E-state index >= 15 is 0 Å². The average molecular weight is 246 g/mol. The standard InChI is InChI=1S/C11H22O4Si/c1-5-7-11(12-2)10-9(15-10)6-8-16(11,13-3)14-4/h9-10H,5-8H2,1-4H3. The Morgan fingerprint density at radius 2 is 2.00 bits per heavy atom. The number of methoxy groups -OCH3 is 1. The molecule has 2 aliphatic heterocycles. The van der Waals surface area contributed by atoms with E-state index in [1.807, 2.05) is 0 Å². The molecule has 0 bridgehead atoms. The van der Waals surface area contributed by atoms with Crippen molar-refractivity contribution in [3.63, 3.8) is 0 Å². The Morgan fingerprint density at radius 3 is 2.50 bits per heavy atom. The maximum Gasteiger partial charge on any atom is 0.373 e. The second-order valence-electron chi connectivity index (χ2n) is 4.64. The van der Waals surface area contributed by atoms with Gasteiger partial charge in [-0.1, -0.05) is 13.3 Å². The quantitative estimate of drug-likeness (QED) is 0.546. The Morgan fingerprint density at radius 1 is 1.31 bits per heavy atom. The fraction of sp³-hybridized carbons (Fsp3) is 1.00. The molecule has 5 heteroatoms. The van der Waals surface area contributed by atoms with Crippen LogP contribution in [0, 0.1) is 0 Å². The van der Waals surface area contributed by atoms with Crippen molar-refractivity contribution in [2.75, 3.05) is 21.3 Å². The molecule has 0 aromatic rings. The number of rotatable bonds is 5. The van der Waals surface area contributed by atoms with Gasteiger partial charge in [0.2, 0.25) is 0 Å². The van der Waals surface area contributed by atoms with Crippen LogP contribution < -0.4 is 0 Å². The zero-order chi connectivity index (χ0) is 11.8. The molecule has 0 aromatic heterocycles. The first-order valence-electron chi connectivity index (χ1n) is 6.00. The predicted molar refractivity (Wildman–Crippen MR) is 62.5 cm³/mol. The third-order valence-electron chi connectivity index (χ3n) is 4.09. The highest BCUT2D eigenvalue weighted by atomic mass is 28.4. The molecule has 16 heavy (non-hydrogen) atoms. The van der Waals surface area contributed by atoms with Gasteiger partial charge >= 0.3 is 8.56 Å². The van der Waals surface area contributed by atoms with Crippen LogP contribution in [0.5, 0.6) is 0 Å². The zero-order valence-electron chi connectivity index (χ0n) is 10.6. The molecule has 0 amide bonds. The van der Waals surface area contributed by atoms with Gasteiger partial charge in [-0.15, -0.1) is 0 Å². The predicted octanol–water partition coefficient (Wildman–Crippen LogP) is 1.62. The Balaban J connectivity index is 2.32. The summed E-state index contributed by atoms with van der Waals surface area (Å²) in [5, 5.41) is -0.311. The van der Waals surface area contributed by atoms with Gasteiger partial charge in [-0.25, -0.2) is 0 Å². The molecule has 3 unspecified atom stereocenters. The largest absolute Gasteiger partial charge is 0.396 e. The summed E-state index contributed by atoms with van der Waals surface area (Å²) in [6.45, 7) is 2.16. The highest BCUT2D eigenvalue weighted by Gasteiger charge is 2.72. The van der Waals surface area contributed by atoms with Gasteiger partial charge < -0.3 is 18.3 Å². The Kier molecular flexibility index (Phi) is 3.43. The number of hydrogen-bond donors (Lipinski definition) is 0. The van der Waals surface area contributed by atoms with Gasteiger partial charge in [-0.05, 0) is 18.9 Å². The van der Waals surface area contributed by atoms with Gasteiger partial charge in [0.1, 0.15) is 11.3 Å². The lowest BCUT2D eigenvalue weighted by atomic mass is 10.1. The third-order valence-corrected chi connectivity index (χ3v) is 8.38. The minimum absolute atomic E-state index is 0.192. The van der Waals surface area contributed by atoms with Crippen molar-refractivity contribution in [3.8, 4) is 0 Å². The molecule has 0 N–H and O–H groups in total. The van der Waals surface area contributed by atoms with Gasteiger partial charge in [-0.3, -0.25) is 0 Å². The molecule has 2 rings (SSSR count). The maximum absolute atomic E-state index is 5.86. The highest BCUT2D eigenvalue weighted by Crippen LogP contribution is 2.52. The maximum atomic E-state index is 5.86. The van der Waals surface area contributed by atoms with Crippen molar-refractivity contribution < 1.29 is 18.3 Å². The van der Waals surface area contributed by atoms with Crippen LogP contribution in [0.4, 0.5) is 0 Å². The summed E-state index contributed by atoms with van der Waals surface area (Å²) in [6, 6.07) is 0.967. The summed E-state index contributed by atoms with van der Waals surface area (Å²) in [7, 11) is 2.97. The Labute approximate surface area is 98.5 Å². The van der Waals surface area contributed by atoms with Gasteiger partial charge in [0.15, 0.2) is 0 Å². The van der Waals surface area contributed by atoms with Crippen LogP contribution in [0.15, 0.2) is 0 Å². The SMILES string of the molecule is CCCC1(OC)C2OC2CC[Si]1(OC)OC. The monoisotopic (exact) mass is 246 g/mol. The zero-order valence-corrected chi connectivity index (χ0v) is 11.6. The number of fused-ring (bicyclic) bond motifs is 1. The van der Waals surface area contributed by atoms with E-state index in [-0.39, 0.29) is 11.3 Å². The third kappa shape index (κ3) is 1.49. The van der Waals surface area contributed by atoms with Crippen molar-refractivity contribution >= 4 is 8.56 Å². The molecule has 2 heterocycles. The van der Waals surface area contributed by atoms with Gasteiger partial charge in [0.25, 0.3) is 0 Å². The molecule has 0 saturated carbocycles. The van der Waals surface area contributed by atoms with E-state index in [4.69, 9.17) is 18.3 Å². The van der Waals surface area contributed by atoms with Crippen molar-refractivity contribution in [1.29, 1.82) is 0 Å². The molecule has 3 atom stereocenters. The van der Waals surface area contributed by atoms with Crippen LogP contribution in [-0.2, 0) is 18.3 Å². The van der Waals surface area contributed by atoms with Gasteiger partial charge in [0.05, 0.1) is 6.10 Å². The second kappa shape index (κ2) is 4.38. The Bertz CT molecular complexity index is 256. The average Bonchev–Trinajstić information content (AvgIpc) is 3.10. The lowest BCUT2D eigenvalue weighted by Crippen LogP contribution is -2.68. The van der Waals surface area contributed by atoms with Crippen molar-refractivity contribution in [1.82, 2.24) is 0 Å². The summed E-state index contributed by atoms with van der Waals surface area (Å²) in [5.41, 5.74) is 0. The van der Waals surface area contributed by atoms with Crippen LogP contribution in [0.1, 0.15) is 26.2 Å². The molecule has 4 nitrogen and oxygen atoms in total. The number of hydrogen-bond acceptors (Lipinski definition) is 4. The topological polar surface area (TPSA) is 40.2 Å². The van der Waals surface area contributed by atoms with Crippen LogP contribution in [-0.4, -0.2) is 47.3 Å². The summed E-state index contributed by atoms with van der Waals surface area (Å²) in [6.07, 6.45) is 3.63. The number of ether oxygens (including phenoxy) is 2. The van der Waals surface area contributed by atoms with Crippen LogP contribution in [0.3, 0.4) is 0 Å². The summed E-state index contributed by atoms with van der Waals surface area (Å²) < 4.78 is 23.2. The fourth-order valence-electron chi connectivity index (χ4n) is 3.24. The number of epoxide rings is 1. The highest BCUT2D eigenvalue weighted by molar-refractivity contribution is 6.71. The molecule has 2 saturated heterocycles. The molecule has 2 fully saturated rings. The molecule has 0 aliphatic carbocycles. The normalized spacial score (nSPS) is 40.5. The molecule has 0 radical (unpaired) electrons. The summed E-state index contributed by atoms with van der Waals surface area (Å²) in [4.78, 5) is 0. The molecular weight excluding hydrogens is 224 g/mol. The second-order valence-corrected chi connectivity index (χ2v) is 8.31. The molecule has 0 spiro atoms. The van der Waals surface area contributed by atoms with E-state index in [0.29, 0.717) is 6.10 Å². The molecule has 0 aromatic carbocycles. The van der Waals surface area contributed by atoms with E-state index in [9.17, 15) is 0 Å². The first-order chi connectivity index (χ1) is 7.69. The molecule has 94 valence electrons. The van der Waals surface area contributed by atoms with Crippen molar-refractivity contribution in [2.45, 2.75) is 49.7 Å². The minimum atomic E-state index is -2.30. The van der Waals surface area contributed by atoms with Gasteiger partial charge in [-0.2, -0.15) is 0 Å².